The number of hydrogen-bond acceptors (Lipinski definition) is 8. The van der Waals surface area contributed by atoms with Gasteiger partial charge in [0.05, 0.1) is 6.20 Å². The normalized spacial score (nSPS) is 19.3. The molecule has 144 valence electrons. The molecule has 10 nitrogen and oxygen atoms in total. The highest BCUT2D eigenvalue weighted by molar-refractivity contribution is 8.08. The molecule has 12 heteroatoms. The Bertz CT molecular complexity index is 930. The Morgan fingerprint density at radius 2 is 1.85 bits per heavy atom. The van der Waals surface area contributed by atoms with E-state index in [9.17, 15) is 26.7 Å². The molecular formula is C14H20N4O6S2. The van der Waals surface area contributed by atoms with Crippen LogP contribution in [0, 0.1) is 5.41 Å². The maximum absolute atomic E-state index is 11.9. The molecule has 1 aromatic heterocycles. The first kappa shape index (κ1) is 18.8. The van der Waals surface area contributed by atoms with Gasteiger partial charge in [0.2, 0.25) is 10.0 Å². The molecule has 1 saturated heterocycles. The molecular weight excluding hydrogens is 384 g/mol. The number of sulfone groups is 1. The molecule has 2 fully saturated rings. The fraction of sp³-hybridized carbons (Fsp3) is 0.643. The molecule has 0 amide bonds. The van der Waals surface area contributed by atoms with E-state index in [2.05, 4.69) is 9.97 Å². The van der Waals surface area contributed by atoms with Gasteiger partial charge in [-0.3, -0.25) is 4.72 Å². The second-order valence-corrected chi connectivity index (χ2v) is 11.2. The zero-order valence-corrected chi connectivity index (χ0v) is 15.8. The van der Waals surface area contributed by atoms with Crippen LogP contribution in [0.25, 0.3) is 0 Å². The van der Waals surface area contributed by atoms with Gasteiger partial charge in [0.25, 0.3) is 0 Å². The molecule has 0 aromatic carbocycles. The minimum atomic E-state index is -4.19. The summed E-state index contributed by atoms with van der Waals surface area (Å²) in [7, 11) is -7.95. The summed E-state index contributed by atoms with van der Waals surface area (Å²) in [5, 5.41) is 8.25. The van der Waals surface area contributed by atoms with Gasteiger partial charge in [0.15, 0.2) is 32.3 Å². The van der Waals surface area contributed by atoms with Crippen LogP contribution in [-0.4, -0.2) is 62.3 Å². The van der Waals surface area contributed by atoms with E-state index in [0.717, 1.165) is 25.3 Å². The number of carboxylic acid groups (broad SMARTS) is 1. The van der Waals surface area contributed by atoms with Gasteiger partial charge in [-0.25, -0.2) is 31.6 Å². The summed E-state index contributed by atoms with van der Waals surface area (Å²) >= 11 is 0. The van der Waals surface area contributed by atoms with Crippen LogP contribution < -0.4 is 9.62 Å². The van der Waals surface area contributed by atoms with Crippen molar-refractivity contribution in [3.05, 3.63) is 11.9 Å². The summed E-state index contributed by atoms with van der Waals surface area (Å²) in [6.45, 7) is 1.24. The zero-order chi connectivity index (χ0) is 19.2. The Hall–Kier alpha value is -1.95. The molecule has 1 aliphatic heterocycles. The Balaban J connectivity index is 1.85. The molecule has 2 N–H and O–H groups in total. The highest BCUT2D eigenvalue weighted by atomic mass is 32.3. The van der Waals surface area contributed by atoms with Gasteiger partial charge in [0.1, 0.15) is 0 Å². The molecule has 0 radical (unpaired) electrons. The number of anilines is 2. The SMILES string of the molecule is CS(=O)(=O)CS(=O)(=O)Nc1cnc(C(=O)O)c(N2CCC3(CC2)CC3)n1. The maximum Gasteiger partial charge on any atom is 0.358 e. The lowest BCUT2D eigenvalue weighted by Gasteiger charge is -2.33. The number of nitrogens with zero attached hydrogens (tertiary/aromatic N) is 3. The number of hydrogen-bond donors (Lipinski definition) is 2. The fourth-order valence-electron chi connectivity index (χ4n) is 3.14. The fourth-order valence-corrected chi connectivity index (χ4v) is 6.05. The summed E-state index contributed by atoms with van der Waals surface area (Å²) in [6, 6.07) is 0. The van der Waals surface area contributed by atoms with Crippen LogP contribution in [0.4, 0.5) is 11.6 Å². The van der Waals surface area contributed by atoms with E-state index in [0.29, 0.717) is 18.5 Å². The molecule has 26 heavy (non-hydrogen) atoms. The largest absolute Gasteiger partial charge is 0.476 e. The lowest BCUT2D eigenvalue weighted by Crippen LogP contribution is -2.36. The van der Waals surface area contributed by atoms with Crippen LogP contribution in [-0.2, 0) is 19.9 Å². The van der Waals surface area contributed by atoms with Gasteiger partial charge < -0.3 is 10.0 Å². The van der Waals surface area contributed by atoms with Gasteiger partial charge in [-0.15, -0.1) is 0 Å². The zero-order valence-electron chi connectivity index (χ0n) is 14.2. The van der Waals surface area contributed by atoms with Crippen LogP contribution in [0.5, 0.6) is 0 Å². The molecule has 2 aliphatic rings. The first-order valence-electron chi connectivity index (χ1n) is 8.02. The van der Waals surface area contributed by atoms with Crippen molar-refractivity contribution in [2.75, 3.05) is 34.1 Å². The molecule has 1 aromatic rings. The van der Waals surface area contributed by atoms with Gasteiger partial charge >= 0.3 is 5.97 Å². The van der Waals surface area contributed by atoms with E-state index >= 15 is 0 Å². The summed E-state index contributed by atoms with van der Waals surface area (Å²) in [6.07, 6.45) is 6.00. The van der Waals surface area contributed by atoms with Crippen molar-refractivity contribution in [3.63, 3.8) is 0 Å². The minimum Gasteiger partial charge on any atom is -0.476 e. The van der Waals surface area contributed by atoms with Gasteiger partial charge in [-0.2, -0.15) is 0 Å². The quantitative estimate of drug-likeness (QED) is 0.683. The van der Waals surface area contributed by atoms with Crippen molar-refractivity contribution in [3.8, 4) is 0 Å². The number of piperidine rings is 1. The second-order valence-electron chi connectivity index (χ2n) is 6.98. The number of aromatic carboxylic acids is 1. The van der Waals surface area contributed by atoms with E-state index in [4.69, 9.17) is 0 Å². The molecule has 2 heterocycles. The lowest BCUT2D eigenvalue weighted by molar-refractivity contribution is 0.0690. The molecule has 3 rings (SSSR count). The van der Waals surface area contributed by atoms with E-state index < -0.39 is 30.9 Å². The van der Waals surface area contributed by atoms with Crippen LogP contribution >= 0.6 is 0 Å². The van der Waals surface area contributed by atoms with Crippen molar-refractivity contribution in [1.29, 1.82) is 0 Å². The third kappa shape index (κ3) is 4.41. The molecule has 0 unspecified atom stereocenters. The van der Waals surface area contributed by atoms with E-state index in [1.807, 2.05) is 4.72 Å². The van der Waals surface area contributed by atoms with Crippen LogP contribution in [0.1, 0.15) is 36.2 Å². The number of nitrogens with one attached hydrogen (secondary N) is 1. The molecule has 0 bridgehead atoms. The Kier molecular flexibility index (Phi) is 4.59. The minimum absolute atomic E-state index is 0.0903. The Labute approximate surface area is 151 Å². The van der Waals surface area contributed by atoms with Crippen molar-refractivity contribution in [2.24, 2.45) is 5.41 Å². The van der Waals surface area contributed by atoms with E-state index in [1.165, 1.54) is 12.8 Å². The Morgan fingerprint density at radius 1 is 1.23 bits per heavy atom. The topological polar surface area (TPSA) is 147 Å². The second kappa shape index (κ2) is 6.34. The van der Waals surface area contributed by atoms with Crippen LogP contribution in [0.2, 0.25) is 0 Å². The summed E-state index contributed by atoms with van der Waals surface area (Å²) in [4.78, 5) is 21.1. The summed E-state index contributed by atoms with van der Waals surface area (Å²) in [5.74, 6) is -1.38. The highest BCUT2D eigenvalue weighted by Gasteiger charge is 2.45. The number of sulfonamides is 1. The standard InChI is InChI=1S/C14H20N4O6S2/c1-25(21,22)9-26(23,24)17-10-8-15-11(13(19)20)12(16-10)18-6-4-14(2-3-14)5-7-18/h8H,2-7,9H2,1H3,(H,16,17)(H,19,20). The third-order valence-electron chi connectivity index (χ3n) is 4.67. The average molecular weight is 404 g/mol. The predicted molar refractivity (Wildman–Crippen MR) is 94.4 cm³/mol. The molecule has 0 atom stereocenters. The van der Waals surface area contributed by atoms with Crippen molar-refractivity contribution in [2.45, 2.75) is 25.7 Å². The summed E-state index contributed by atoms with van der Waals surface area (Å²) < 4.78 is 48.3. The van der Waals surface area contributed by atoms with Crippen LogP contribution in [0.3, 0.4) is 0 Å². The molecule has 1 aliphatic carbocycles. The Morgan fingerprint density at radius 3 is 2.35 bits per heavy atom. The van der Waals surface area contributed by atoms with Crippen LogP contribution in [0.15, 0.2) is 6.20 Å². The smallest absolute Gasteiger partial charge is 0.358 e. The number of carboxylic acids is 1. The predicted octanol–water partition coefficient (Wildman–Crippen LogP) is 0.299. The van der Waals surface area contributed by atoms with Crippen molar-refractivity contribution in [1.82, 2.24) is 9.97 Å². The number of rotatable bonds is 6. The molecule has 1 saturated carbocycles. The molecule has 1 spiro atoms. The highest BCUT2D eigenvalue weighted by Crippen LogP contribution is 2.53. The maximum atomic E-state index is 11.9. The van der Waals surface area contributed by atoms with Gasteiger partial charge in [-0.05, 0) is 31.1 Å². The van der Waals surface area contributed by atoms with Gasteiger partial charge in [-0.1, -0.05) is 0 Å². The monoisotopic (exact) mass is 404 g/mol. The first-order valence-corrected chi connectivity index (χ1v) is 11.7. The average Bonchev–Trinajstić information content (AvgIpc) is 3.24. The first-order chi connectivity index (χ1) is 12.0. The van der Waals surface area contributed by atoms with Crippen molar-refractivity contribution < 1.29 is 26.7 Å². The summed E-state index contributed by atoms with van der Waals surface area (Å²) in [5.41, 5.74) is 0.116. The van der Waals surface area contributed by atoms with Gasteiger partial charge in [0, 0.05) is 19.3 Å². The van der Waals surface area contributed by atoms with E-state index in [-0.39, 0.29) is 17.3 Å². The van der Waals surface area contributed by atoms with E-state index in [1.54, 1.807) is 4.90 Å². The number of carbonyl (C=O) groups is 1. The third-order valence-corrected chi connectivity index (χ3v) is 8.14. The van der Waals surface area contributed by atoms with Crippen molar-refractivity contribution >= 4 is 37.5 Å². The number of aromatic nitrogens is 2. The lowest BCUT2D eigenvalue weighted by atomic mass is 9.94.